The van der Waals surface area contributed by atoms with E-state index in [0.717, 1.165) is 12.0 Å². The fourth-order valence-electron chi connectivity index (χ4n) is 3.42. The summed E-state index contributed by atoms with van der Waals surface area (Å²) < 4.78 is 11.4. The molecule has 2 aromatic carbocycles. The van der Waals surface area contributed by atoms with E-state index < -0.39 is 12.1 Å². The number of hydrogen-bond donors (Lipinski definition) is 3. The minimum absolute atomic E-state index is 0.306. The summed E-state index contributed by atoms with van der Waals surface area (Å²) in [6.45, 7) is 4.48. The van der Waals surface area contributed by atoms with Crippen molar-refractivity contribution in [2.75, 3.05) is 13.7 Å². The number of hydrogen-bond acceptors (Lipinski definition) is 4. The molecule has 0 spiro atoms. The molecule has 31 heavy (non-hydrogen) atoms. The molecular weight excluding hydrogens is 418 g/mol. The Morgan fingerprint density at radius 1 is 1.23 bits per heavy atom. The summed E-state index contributed by atoms with van der Waals surface area (Å²) in [7, 11) is 1.52. The van der Waals surface area contributed by atoms with Crippen LogP contribution < -0.4 is 25.4 Å². The highest BCUT2D eigenvalue weighted by Crippen LogP contribution is 2.41. The summed E-state index contributed by atoms with van der Waals surface area (Å²) in [5.41, 5.74) is 2.35. The number of halogens is 1. The maximum absolute atomic E-state index is 13.2. The lowest BCUT2D eigenvalue weighted by Crippen LogP contribution is -2.47. The molecule has 1 atom stereocenters. The van der Waals surface area contributed by atoms with E-state index in [2.05, 4.69) is 16.0 Å². The molecule has 2 aromatic rings. The number of rotatable bonds is 8. The Morgan fingerprint density at radius 3 is 2.65 bits per heavy atom. The number of urea groups is 1. The largest absolute Gasteiger partial charge is 0.493 e. The molecule has 0 radical (unpaired) electrons. The number of carbonyl (C=O) groups is 2. The van der Waals surface area contributed by atoms with Crippen molar-refractivity contribution in [3.63, 3.8) is 0 Å². The van der Waals surface area contributed by atoms with Crippen molar-refractivity contribution in [3.8, 4) is 11.5 Å². The van der Waals surface area contributed by atoms with Gasteiger partial charge in [0.25, 0.3) is 5.91 Å². The quantitative estimate of drug-likeness (QED) is 0.573. The third kappa shape index (κ3) is 5.30. The van der Waals surface area contributed by atoms with E-state index in [1.54, 1.807) is 19.1 Å². The van der Waals surface area contributed by atoms with E-state index in [4.69, 9.17) is 21.1 Å². The summed E-state index contributed by atoms with van der Waals surface area (Å²) in [6.07, 6.45) is 0.781. The number of carbonyl (C=O) groups excluding carboxylic acids is 2. The van der Waals surface area contributed by atoms with Crippen molar-refractivity contribution in [1.82, 2.24) is 16.0 Å². The van der Waals surface area contributed by atoms with E-state index in [0.29, 0.717) is 46.5 Å². The zero-order valence-electron chi connectivity index (χ0n) is 17.8. The van der Waals surface area contributed by atoms with Gasteiger partial charge < -0.3 is 25.4 Å². The van der Waals surface area contributed by atoms with Gasteiger partial charge in [-0.1, -0.05) is 48.9 Å². The monoisotopic (exact) mass is 443 g/mol. The van der Waals surface area contributed by atoms with Gasteiger partial charge in [0.1, 0.15) is 0 Å². The van der Waals surface area contributed by atoms with E-state index in [-0.39, 0.29) is 5.91 Å². The van der Waals surface area contributed by atoms with E-state index in [1.165, 1.54) is 7.11 Å². The van der Waals surface area contributed by atoms with Crippen molar-refractivity contribution in [2.24, 2.45) is 0 Å². The predicted octanol–water partition coefficient (Wildman–Crippen LogP) is 4.08. The van der Waals surface area contributed by atoms with Gasteiger partial charge in [-0.25, -0.2) is 4.79 Å². The summed E-state index contributed by atoms with van der Waals surface area (Å²) in [5, 5.41) is 8.84. The summed E-state index contributed by atoms with van der Waals surface area (Å²) in [4.78, 5) is 25.4. The van der Waals surface area contributed by atoms with Crippen molar-refractivity contribution in [1.29, 1.82) is 0 Å². The zero-order valence-corrected chi connectivity index (χ0v) is 18.5. The summed E-state index contributed by atoms with van der Waals surface area (Å²) in [5.74, 6) is 0.576. The number of ether oxygens (including phenoxy) is 2. The molecule has 0 saturated carbocycles. The number of nitrogens with one attached hydrogen (secondary N) is 3. The van der Waals surface area contributed by atoms with Gasteiger partial charge in [-0.15, -0.1) is 0 Å². The third-order valence-corrected chi connectivity index (χ3v) is 5.06. The second kappa shape index (κ2) is 10.2. The van der Waals surface area contributed by atoms with Crippen LogP contribution >= 0.6 is 11.6 Å². The number of methoxy groups -OCH3 is 1. The highest BCUT2D eigenvalue weighted by atomic mass is 35.5. The Balaban J connectivity index is 1.99. The molecule has 1 aliphatic rings. The van der Waals surface area contributed by atoms with Gasteiger partial charge in [-0.05, 0) is 25.0 Å². The molecular formula is C23H26ClN3O4. The average molecular weight is 444 g/mol. The number of amides is 3. The van der Waals surface area contributed by atoms with E-state index in [1.807, 2.05) is 37.3 Å². The van der Waals surface area contributed by atoms with Crippen LogP contribution in [-0.2, 0) is 11.3 Å². The zero-order chi connectivity index (χ0) is 22.4. The van der Waals surface area contributed by atoms with Gasteiger partial charge in [-0.2, -0.15) is 0 Å². The molecule has 1 aliphatic heterocycles. The molecule has 3 rings (SSSR count). The van der Waals surface area contributed by atoms with Crippen LogP contribution in [0.15, 0.2) is 53.7 Å². The Morgan fingerprint density at radius 2 is 1.97 bits per heavy atom. The maximum Gasteiger partial charge on any atom is 0.319 e. The molecule has 0 aromatic heterocycles. The van der Waals surface area contributed by atoms with Gasteiger partial charge in [0.15, 0.2) is 11.5 Å². The Labute approximate surface area is 186 Å². The van der Waals surface area contributed by atoms with Crippen LogP contribution in [0, 0.1) is 0 Å². The fraction of sp³-hybridized carbons (Fsp3) is 0.304. The standard InChI is InChI=1S/C23H26ClN3O4/c1-4-10-31-21-17(11-16(24)12-18(21)30-3)20-19(14(2)26-23(29)27-20)22(28)25-13-15-8-6-5-7-9-15/h5-9,11-12,20H,4,10,13H2,1-3H3,(H,25,28)(H2,26,27,29)/t20-/m1/s1. The van der Waals surface area contributed by atoms with Gasteiger partial charge in [0.2, 0.25) is 0 Å². The molecule has 0 aliphatic carbocycles. The van der Waals surface area contributed by atoms with Crippen LogP contribution in [0.4, 0.5) is 4.79 Å². The van der Waals surface area contributed by atoms with Gasteiger partial charge in [-0.3, -0.25) is 4.79 Å². The van der Waals surface area contributed by atoms with Crippen LogP contribution in [-0.4, -0.2) is 25.7 Å². The first kappa shape index (κ1) is 22.5. The molecule has 0 saturated heterocycles. The third-order valence-electron chi connectivity index (χ3n) is 4.84. The van der Waals surface area contributed by atoms with Crippen molar-refractivity contribution in [2.45, 2.75) is 32.9 Å². The molecule has 0 unspecified atom stereocenters. The summed E-state index contributed by atoms with van der Waals surface area (Å²) >= 11 is 6.31. The van der Waals surface area contributed by atoms with E-state index in [9.17, 15) is 9.59 Å². The van der Waals surface area contributed by atoms with Gasteiger partial charge >= 0.3 is 6.03 Å². The molecule has 3 amide bonds. The molecule has 0 bridgehead atoms. The minimum atomic E-state index is -0.760. The SMILES string of the molecule is CCCOc1c(OC)cc(Cl)cc1[C@H]1NC(=O)NC(C)=C1C(=O)NCc1ccccc1. The van der Waals surface area contributed by atoms with Crippen LogP contribution in [0.3, 0.4) is 0 Å². The van der Waals surface area contributed by atoms with Gasteiger partial charge in [0, 0.05) is 28.9 Å². The topological polar surface area (TPSA) is 88.7 Å². The predicted molar refractivity (Wildman–Crippen MR) is 119 cm³/mol. The molecule has 0 fully saturated rings. The Bertz CT molecular complexity index is 992. The molecule has 164 valence electrons. The molecule has 1 heterocycles. The lowest BCUT2D eigenvalue weighted by atomic mass is 9.93. The Kier molecular flexibility index (Phi) is 7.41. The first-order valence-corrected chi connectivity index (χ1v) is 10.4. The summed E-state index contributed by atoms with van der Waals surface area (Å²) in [6, 6.07) is 11.7. The lowest BCUT2D eigenvalue weighted by molar-refractivity contribution is -0.118. The highest BCUT2D eigenvalue weighted by molar-refractivity contribution is 6.30. The maximum atomic E-state index is 13.2. The first-order chi connectivity index (χ1) is 14.9. The van der Waals surface area contributed by atoms with Crippen LogP contribution in [0.25, 0.3) is 0 Å². The number of benzene rings is 2. The second-order valence-corrected chi connectivity index (χ2v) is 7.55. The van der Waals surface area contributed by atoms with Crippen LogP contribution in [0.5, 0.6) is 11.5 Å². The van der Waals surface area contributed by atoms with Crippen molar-refractivity contribution >= 4 is 23.5 Å². The number of allylic oxidation sites excluding steroid dienone is 1. The average Bonchev–Trinajstić information content (AvgIpc) is 2.76. The fourth-order valence-corrected chi connectivity index (χ4v) is 3.63. The van der Waals surface area contributed by atoms with Crippen molar-refractivity contribution in [3.05, 3.63) is 69.9 Å². The lowest BCUT2D eigenvalue weighted by Gasteiger charge is -2.30. The van der Waals surface area contributed by atoms with Crippen LogP contribution in [0.2, 0.25) is 5.02 Å². The Hall–Kier alpha value is -3.19. The van der Waals surface area contributed by atoms with E-state index >= 15 is 0 Å². The first-order valence-electron chi connectivity index (χ1n) is 10.0. The van der Waals surface area contributed by atoms with Crippen molar-refractivity contribution < 1.29 is 19.1 Å². The highest BCUT2D eigenvalue weighted by Gasteiger charge is 2.34. The molecule has 8 heteroatoms. The minimum Gasteiger partial charge on any atom is -0.493 e. The smallest absolute Gasteiger partial charge is 0.319 e. The molecule has 7 nitrogen and oxygen atoms in total. The van der Waals surface area contributed by atoms with Crippen LogP contribution in [0.1, 0.15) is 37.4 Å². The van der Waals surface area contributed by atoms with Gasteiger partial charge in [0.05, 0.1) is 25.3 Å². The molecule has 3 N–H and O–H groups in total. The second-order valence-electron chi connectivity index (χ2n) is 7.11. The normalized spacial score (nSPS) is 15.7.